The lowest BCUT2D eigenvalue weighted by molar-refractivity contribution is 0.331. The van der Waals surface area contributed by atoms with Gasteiger partial charge < -0.3 is 5.32 Å². The van der Waals surface area contributed by atoms with Crippen molar-refractivity contribution in [1.82, 2.24) is 5.32 Å². The first-order valence-corrected chi connectivity index (χ1v) is 6.62. The highest BCUT2D eigenvalue weighted by Gasteiger charge is 2.15. The van der Waals surface area contributed by atoms with Crippen LogP contribution in [0.3, 0.4) is 0 Å². The number of benzene rings is 1. The van der Waals surface area contributed by atoms with E-state index in [-0.39, 0.29) is 5.82 Å². The van der Waals surface area contributed by atoms with E-state index >= 15 is 0 Å². The molecule has 1 N–H and O–H groups in total. The van der Waals surface area contributed by atoms with E-state index in [9.17, 15) is 4.39 Å². The number of hydrogen-bond donors (Lipinski definition) is 1. The molecule has 0 aliphatic carbocycles. The summed E-state index contributed by atoms with van der Waals surface area (Å²) >= 11 is 0. The van der Waals surface area contributed by atoms with Gasteiger partial charge in [-0.25, -0.2) is 4.39 Å². The van der Waals surface area contributed by atoms with Crippen molar-refractivity contribution < 1.29 is 4.39 Å². The Kier molecular flexibility index (Phi) is 6.20. The second-order valence-electron chi connectivity index (χ2n) is 4.78. The van der Waals surface area contributed by atoms with Crippen molar-refractivity contribution in [2.75, 3.05) is 13.1 Å². The quantitative estimate of drug-likeness (QED) is 0.763. The molecule has 96 valence electrons. The SMILES string of the molecule is CCNCC(Cc1ccc(F)cc1)C(C)CC. The van der Waals surface area contributed by atoms with Crippen LogP contribution >= 0.6 is 0 Å². The molecule has 0 amide bonds. The van der Waals surface area contributed by atoms with Gasteiger partial charge in [-0.1, -0.05) is 39.3 Å². The molecule has 1 aromatic rings. The molecule has 2 atom stereocenters. The van der Waals surface area contributed by atoms with Crippen LogP contribution in [0.25, 0.3) is 0 Å². The van der Waals surface area contributed by atoms with E-state index in [1.165, 1.54) is 12.0 Å². The standard InChI is InChI=1S/C15H24FN/c1-4-12(3)14(11-17-5-2)10-13-6-8-15(16)9-7-13/h6-9,12,14,17H,4-5,10-11H2,1-3H3. The van der Waals surface area contributed by atoms with Crippen molar-refractivity contribution in [3.8, 4) is 0 Å². The molecule has 0 fully saturated rings. The summed E-state index contributed by atoms with van der Waals surface area (Å²) in [7, 11) is 0. The smallest absolute Gasteiger partial charge is 0.123 e. The fourth-order valence-electron chi connectivity index (χ4n) is 2.06. The predicted molar refractivity (Wildman–Crippen MR) is 71.6 cm³/mol. The van der Waals surface area contributed by atoms with Crippen LogP contribution in [-0.4, -0.2) is 13.1 Å². The summed E-state index contributed by atoms with van der Waals surface area (Å²) in [6.07, 6.45) is 2.22. The summed E-state index contributed by atoms with van der Waals surface area (Å²) in [5.74, 6) is 1.17. The fraction of sp³-hybridized carbons (Fsp3) is 0.600. The maximum absolute atomic E-state index is 12.8. The summed E-state index contributed by atoms with van der Waals surface area (Å²) in [5, 5.41) is 3.42. The molecule has 0 aromatic heterocycles. The molecule has 0 bridgehead atoms. The van der Waals surface area contributed by atoms with Gasteiger partial charge in [0.25, 0.3) is 0 Å². The third kappa shape index (κ3) is 4.86. The van der Waals surface area contributed by atoms with Gasteiger partial charge in [-0.05, 0) is 49.0 Å². The molecule has 0 aliphatic rings. The molecular weight excluding hydrogens is 213 g/mol. The van der Waals surface area contributed by atoms with Gasteiger partial charge in [-0.3, -0.25) is 0 Å². The second kappa shape index (κ2) is 7.44. The highest BCUT2D eigenvalue weighted by atomic mass is 19.1. The fourth-order valence-corrected chi connectivity index (χ4v) is 2.06. The number of rotatable bonds is 7. The van der Waals surface area contributed by atoms with Gasteiger partial charge in [0, 0.05) is 0 Å². The van der Waals surface area contributed by atoms with Crippen LogP contribution in [0.15, 0.2) is 24.3 Å². The number of hydrogen-bond acceptors (Lipinski definition) is 1. The summed E-state index contributed by atoms with van der Waals surface area (Å²) in [6, 6.07) is 6.90. The lowest BCUT2D eigenvalue weighted by atomic mass is 9.86. The molecule has 0 spiro atoms. The first-order chi connectivity index (χ1) is 8.17. The largest absolute Gasteiger partial charge is 0.317 e. The van der Waals surface area contributed by atoms with Crippen LogP contribution < -0.4 is 5.32 Å². The van der Waals surface area contributed by atoms with Gasteiger partial charge in [0.1, 0.15) is 5.82 Å². The van der Waals surface area contributed by atoms with Gasteiger partial charge in [0.05, 0.1) is 0 Å². The maximum Gasteiger partial charge on any atom is 0.123 e. The molecule has 0 saturated heterocycles. The Morgan fingerprint density at radius 1 is 1.18 bits per heavy atom. The van der Waals surface area contributed by atoms with Gasteiger partial charge in [-0.15, -0.1) is 0 Å². The summed E-state index contributed by atoms with van der Waals surface area (Å²) in [6.45, 7) is 8.71. The lowest BCUT2D eigenvalue weighted by Crippen LogP contribution is -2.28. The summed E-state index contributed by atoms with van der Waals surface area (Å²) in [4.78, 5) is 0. The van der Waals surface area contributed by atoms with Crippen LogP contribution in [0.1, 0.15) is 32.8 Å². The summed E-state index contributed by atoms with van der Waals surface area (Å²) in [5.41, 5.74) is 1.23. The zero-order chi connectivity index (χ0) is 12.7. The third-order valence-corrected chi connectivity index (χ3v) is 3.52. The van der Waals surface area contributed by atoms with Crippen molar-refractivity contribution in [2.24, 2.45) is 11.8 Å². The number of halogens is 1. The predicted octanol–water partition coefficient (Wildman–Crippen LogP) is 3.64. The molecule has 0 aliphatic heterocycles. The Hall–Kier alpha value is -0.890. The lowest BCUT2D eigenvalue weighted by Gasteiger charge is -2.23. The third-order valence-electron chi connectivity index (χ3n) is 3.52. The molecule has 0 radical (unpaired) electrons. The van der Waals surface area contributed by atoms with E-state index < -0.39 is 0 Å². The van der Waals surface area contributed by atoms with E-state index in [4.69, 9.17) is 0 Å². The van der Waals surface area contributed by atoms with Crippen molar-refractivity contribution in [3.63, 3.8) is 0 Å². The molecule has 0 saturated carbocycles. The Bertz CT molecular complexity index is 307. The molecule has 1 nitrogen and oxygen atoms in total. The van der Waals surface area contributed by atoms with Gasteiger partial charge in [0.2, 0.25) is 0 Å². The monoisotopic (exact) mass is 237 g/mol. The van der Waals surface area contributed by atoms with Crippen molar-refractivity contribution in [2.45, 2.75) is 33.6 Å². The average Bonchev–Trinajstić information content (AvgIpc) is 2.36. The van der Waals surface area contributed by atoms with E-state index in [1.807, 2.05) is 12.1 Å². The molecule has 17 heavy (non-hydrogen) atoms. The number of nitrogens with one attached hydrogen (secondary N) is 1. The molecule has 2 unspecified atom stereocenters. The second-order valence-corrected chi connectivity index (χ2v) is 4.78. The Labute approximate surface area is 104 Å². The highest BCUT2D eigenvalue weighted by Crippen LogP contribution is 2.20. The average molecular weight is 237 g/mol. The molecule has 0 heterocycles. The topological polar surface area (TPSA) is 12.0 Å². The zero-order valence-electron chi connectivity index (χ0n) is 11.2. The zero-order valence-corrected chi connectivity index (χ0v) is 11.2. The Morgan fingerprint density at radius 3 is 2.35 bits per heavy atom. The first-order valence-electron chi connectivity index (χ1n) is 6.62. The van der Waals surface area contributed by atoms with Crippen LogP contribution in [0.2, 0.25) is 0 Å². The summed E-state index contributed by atoms with van der Waals surface area (Å²) < 4.78 is 12.8. The normalized spacial score (nSPS) is 14.6. The molecule has 1 rings (SSSR count). The van der Waals surface area contributed by atoms with E-state index in [0.29, 0.717) is 11.8 Å². The minimum atomic E-state index is -0.152. The van der Waals surface area contributed by atoms with Crippen molar-refractivity contribution >= 4 is 0 Å². The van der Waals surface area contributed by atoms with Gasteiger partial charge >= 0.3 is 0 Å². The van der Waals surface area contributed by atoms with Crippen LogP contribution in [0.5, 0.6) is 0 Å². The van der Waals surface area contributed by atoms with Crippen molar-refractivity contribution in [3.05, 3.63) is 35.6 Å². The van der Waals surface area contributed by atoms with Gasteiger partial charge in [0.15, 0.2) is 0 Å². The molecule has 1 aromatic carbocycles. The minimum Gasteiger partial charge on any atom is -0.317 e. The van der Waals surface area contributed by atoms with Crippen LogP contribution in [0.4, 0.5) is 4.39 Å². The van der Waals surface area contributed by atoms with Crippen LogP contribution in [-0.2, 0) is 6.42 Å². The van der Waals surface area contributed by atoms with Gasteiger partial charge in [-0.2, -0.15) is 0 Å². The first kappa shape index (κ1) is 14.2. The van der Waals surface area contributed by atoms with Crippen LogP contribution in [0, 0.1) is 17.7 Å². The highest BCUT2D eigenvalue weighted by molar-refractivity contribution is 5.16. The Morgan fingerprint density at radius 2 is 1.82 bits per heavy atom. The van der Waals surface area contributed by atoms with E-state index in [0.717, 1.165) is 19.5 Å². The minimum absolute atomic E-state index is 0.152. The molecular formula is C15H24FN. The van der Waals surface area contributed by atoms with E-state index in [2.05, 4.69) is 26.1 Å². The maximum atomic E-state index is 12.8. The van der Waals surface area contributed by atoms with E-state index in [1.54, 1.807) is 12.1 Å². The van der Waals surface area contributed by atoms with Crippen molar-refractivity contribution in [1.29, 1.82) is 0 Å². The molecule has 2 heteroatoms. The Balaban J connectivity index is 2.61.